The lowest BCUT2D eigenvalue weighted by Gasteiger charge is -2.07. The highest BCUT2D eigenvalue weighted by molar-refractivity contribution is 6.30. The molecule has 0 bridgehead atoms. The molecule has 0 aliphatic heterocycles. The van der Waals surface area contributed by atoms with Crippen LogP contribution in [0.25, 0.3) is 11.1 Å². The van der Waals surface area contributed by atoms with Gasteiger partial charge in [0.25, 0.3) is 5.91 Å². The van der Waals surface area contributed by atoms with E-state index in [1.807, 2.05) is 54.6 Å². The SMILES string of the molecule is O=C(COc1ccc(-c2ccccc2)cc1)N/N=C\c1ccc(OC(=O)c2ccc(Cl)cc2)cc1. The van der Waals surface area contributed by atoms with Gasteiger partial charge in [-0.05, 0) is 77.4 Å². The number of carbonyl (C=O) groups excluding carboxylic acids is 2. The molecule has 0 aliphatic rings. The van der Waals surface area contributed by atoms with Crippen molar-refractivity contribution < 1.29 is 19.1 Å². The van der Waals surface area contributed by atoms with E-state index in [0.29, 0.717) is 27.6 Å². The van der Waals surface area contributed by atoms with Gasteiger partial charge in [0.05, 0.1) is 11.8 Å². The number of hydrogen-bond acceptors (Lipinski definition) is 5. The number of amides is 1. The van der Waals surface area contributed by atoms with Crippen molar-refractivity contribution in [3.63, 3.8) is 0 Å². The summed E-state index contributed by atoms with van der Waals surface area (Å²) in [5.41, 5.74) is 5.72. The maximum atomic E-state index is 12.2. The van der Waals surface area contributed by atoms with Crippen molar-refractivity contribution in [2.75, 3.05) is 6.61 Å². The molecule has 0 fully saturated rings. The van der Waals surface area contributed by atoms with Gasteiger partial charge in [-0.2, -0.15) is 5.10 Å². The molecule has 0 heterocycles. The third-order valence-corrected chi connectivity index (χ3v) is 5.16. The van der Waals surface area contributed by atoms with Gasteiger partial charge in [-0.25, -0.2) is 10.2 Å². The van der Waals surface area contributed by atoms with Gasteiger partial charge in [0.15, 0.2) is 6.61 Å². The molecule has 7 heteroatoms. The molecule has 1 N–H and O–H groups in total. The minimum absolute atomic E-state index is 0.165. The summed E-state index contributed by atoms with van der Waals surface area (Å²) in [6.45, 7) is -0.165. The van der Waals surface area contributed by atoms with Crippen molar-refractivity contribution in [2.24, 2.45) is 5.10 Å². The first-order chi connectivity index (χ1) is 17.1. The molecule has 1 amide bonds. The number of rotatable bonds is 8. The third-order valence-electron chi connectivity index (χ3n) is 4.90. The lowest BCUT2D eigenvalue weighted by molar-refractivity contribution is -0.123. The van der Waals surface area contributed by atoms with Crippen molar-refractivity contribution in [1.29, 1.82) is 0 Å². The Bertz CT molecular complexity index is 1300. The molecule has 0 radical (unpaired) electrons. The van der Waals surface area contributed by atoms with Gasteiger partial charge in [0, 0.05) is 5.02 Å². The normalized spacial score (nSPS) is 10.7. The van der Waals surface area contributed by atoms with Crippen LogP contribution in [0.1, 0.15) is 15.9 Å². The van der Waals surface area contributed by atoms with Crippen LogP contribution >= 0.6 is 11.6 Å². The highest BCUT2D eigenvalue weighted by Crippen LogP contribution is 2.22. The first-order valence-electron chi connectivity index (χ1n) is 10.7. The topological polar surface area (TPSA) is 77.0 Å². The maximum Gasteiger partial charge on any atom is 0.343 e. The molecule has 0 aliphatic carbocycles. The third kappa shape index (κ3) is 7.03. The molecule has 6 nitrogen and oxygen atoms in total. The second-order valence-electron chi connectivity index (χ2n) is 7.44. The van der Waals surface area contributed by atoms with E-state index in [4.69, 9.17) is 21.1 Å². The van der Waals surface area contributed by atoms with Gasteiger partial charge in [-0.1, -0.05) is 54.1 Å². The van der Waals surface area contributed by atoms with E-state index < -0.39 is 5.97 Å². The van der Waals surface area contributed by atoms with Gasteiger partial charge >= 0.3 is 5.97 Å². The second kappa shape index (κ2) is 11.6. The van der Waals surface area contributed by atoms with Crippen LogP contribution < -0.4 is 14.9 Å². The van der Waals surface area contributed by atoms with Gasteiger partial charge < -0.3 is 9.47 Å². The molecule has 0 spiro atoms. The number of esters is 1. The Kier molecular flexibility index (Phi) is 7.88. The number of nitrogens with zero attached hydrogens (tertiary/aromatic N) is 1. The molecular weight excluding hydrogens is 464 g/mol. The van der Waals surface area contributed by atoms with E-state index in [-0.39, 0.29) is 12.5 Å². The standard InChI is InChI=1S/C28H21ClN2O4/c29-24-12-8-23(9-13-24)28(33)35-26-14-6-20(7-15-26)18-30-31-27(32)19-34-25-16-10-22(11-17-25)21-4-2-1-3-5-21/h1-18H,19H2,(H,31,32)/b30-18-. The summed E-state index contributed by atoms with van der Waals surface area (Å²) in [5.74, 6) is 0.109. The van der Waals surface area contributed by atoms with Crippen LogP contribution in [0.15, 0.2) is 108 Å². The Balaban J connectivity index is 1.22. The zero-order valence-corrected chi connectivity index (χ0v) is 19.3. The number of hydrazone groups is 1. The number of nitrogens with one attached hydrogen (secondary N) is 1. The van der Waals surface area contributed by atoms with E-state index in [1.54, 1.807) is 48.5 Å². The second-order valence-corrected chi connectivity index (χ2v) is 7.87. The highest BCUT2D eigenvalue weighted by Gasteiger charge is 2.08. The average molecular weight is 485 g/mol. The van der Waals surface area contributed by atoms with E-state index >= 15 is 0 Å². The lowest BCUT2D eigenvalue weighted by atomic mass is 10.1. The Labute approximate surface area is 207 Å². The summed E-state index contributed by atoms with van der Waals surface area (Å²) in [6.07, 6.45) is 1.48. The summed E-state index contributed by atoms with van der Waals surface area (Å²) >= 11 is 5.83. The van der Waals surface area contributed by atoms with Crippen LogP contribution in [0, 0.1) is 0 Å². The first-order valence-corrected chi connectivity index (χ1v) is 11.1. The fourth-order valence-electron chi connectivity index (χ4n) is 3.11. The minimum atomic E-state index is -0.481. The average Bonchev–Trinajstić information content (AvgIpc) is 2.90. The lowest BCUT2D eigenvalue weighted by Crippen LogP contribution is -2.24. The molecule has 35 heavy (non-hydrogen) atoms. The predicted molar refractivity (Wildman–Crippen MR) is 136 cm³/mol. The molecular formula is C28H21ClN2O4. The molecule has 0 saturated heterocycles. The molecule has 4 aromatic carbocycles. The molecule has 174 valence electrons. The number of hydrogen-bond donors (Lipinski definition) is 1. The monoisotopic (exact) mass is 484 g/mol. The Morgan fingerprint density at radius 1 is 0.771 bits per heavy atom. The van der Waals surface area contributed by atoms with Crippen molar-refractivity contribution in [2.45, 2.75) is 0 Å². The van der Waals surface area contributed by atoms with Crippen LogP contribution in [-0.4, -0.2) is 24.7 Å². The summed E-state index contributed by atoms with van der Waals surface area (Å²) in [5, 5.41) is 4.47. The van der Waals surface area contributed by atoms with Crippen molar-refractivity contribution in [1.82, 2.24) is 5.43 Å². The van der Waals surface area contributed by atoms with E-state index in [9.17, 15) is 9.59 Å². The molecule has 0 atom stereocenters. The number of benzene rings is 4. The summed E-state index contributed by atoms with van der Waals surface area (Å²) < 4.78 is 10.8. The van der Waals surface area contributed by atoms with Crippen molar-refractivity contribution >= 4 is 29.7 Å². The Morgan fingerprint density at radius 3 is 2.09 bits per heavy atom. The number of ether oxygens (including phenoxy) is 2. The Hall–Kier alpha value is -4.42. The minimum Gasteiger partial charge on any atom is -0.484 e. The van der Waals surface area contributed by atoms with Gasteiger partial charge in [0.2, 0.25) is 0 Å². The van der Waals surface area contributed by atoms with Crippen molar-refractivity contribution in [3.8, 4) is 22.6 Å². The fourth-order valence-corrected chi connectivity index (χ4v) is 3.23. The maximum absolute atomic E-state index is 12.2. The van der Waals surface area contributed by atoms with E-state index in [2.05, 4.69) is 10.5 Å². The largest absolute Gasteiger partial charge is 0.484 e. The van der Waals surface area contributed by atoms with Gasteiger partial charge in [-0.3, -0.25) is 4.79 Å². The van der Waals surface area contributed by atoms with Crippen LogP contribution in [0.5, 0.6) is 11.5 Å². The molecule has 0 saturated carbocycles. The van der Waals surface area contributed by atoms with Crippen LogP contribution in [0.2, 0.25) is 5.02 Å². The smallest absolute Gasteiger partial charge is 0.343 e. The Morgan fingerprint density at radius 2 is 1.40 bits per heavy atom. The summed E-state index contributed by atoms with van der Waals surface area (Å²) in [6, 6.07) is 30.7. The first kappa shape index (κ1) is 23.7. The fraction of sp³-hybridized carbons (Fsp3) is 0.0357. The molecule has 4 rings (SSSR count). The zero-order valence-electron chi connectivity index (χ0n) is 18.6. The predicted octanol–water partition coefficient (Wildman–Crippen LogP) is 5.76. The van der Waals surface area contributed by atoms with Crippen LogP contribution in [0.3, 0.4) is 0 Å². The zero-order chi connectivity index (χ0) is 24.5. The molecule has 4 aromatic rings. The number of halogens is 1. The van der Waals surface area contributed by atoms with E-state index in [1.165, 1.54) is 6.21 Å². The summed E-state index contributed by atoms with van der Waals surface area (Å²) in [7, 11) is 0. The summed E-state index contributed by atoms with van der Waals surface area (Å²) in [4.78, 5) is 24.2. The highest BCUT2D eigenvalue weighted by atomic mass is 35.5. The van der Waals surface area contributed by atoms with Crippen molar-refractivity contribution in [3.05, 3.63) is 119 Å². The molecule has 0 unspecified atom stereocenters. The van der Waals surface area contributed by atoms with Gasteiger partial charge in [-0.15, -0.1) is 0 Å². The van der Waals surface area contributed by atoms with Crippen LogP contribution in [-0.2, 0) is 4.79 Å². The molecule has 0 aromatic heterocycles. The van der Waals surface area contributed by atoms with E-state index in [0.717, 1.165) is 11.1 Å². The number of carbonyl (C=O) groups is 2. The van der Waals surface area contributed by atoms with Gasteiger partial charge in [0.1, 0.15) is 11.5 Å². The quantitative estimate of drug-likeness (QED) is 0.149. The van der Waals surface area contributed by atoms with Crippen LogP contribution in [0.4, 0.5) is 0 Å².